The summed E-state index contributed by atoms with van der Waals surface area (Å²) in [6.45, 7) is 0.854. The summed E-state index contributed by atoms with van der Waals surface area (Å²) in [6, 6.07) is 15.4. The zero-order valence-electron chi connectivity index (χ0n) is 9.61. The predicted octanol–water partition coefficient (Wildman–Crippen LogP) is 3.85. The SMILES string of the molecule is CNCc1ccc(Oc2ccccc2Cl)cc1. The Morgan fingerprint density at radius 2 is 1.76 bits per heavy atom. The van der Waals surface area contributed by atoms with Crippen molar-refractivity contribution in [3.8, 4) is 11.5 Å². The zero-order chi connectivity index (χ0) is 12.1. The van der Waals surface area contributed by atoms with Crippen molar-refractivity contribution >= 4 is 11.6 Å². The molecule has 0 saturated heterocycles. The topological polar surface area (TPSA) is 21.3 Å². The van der Waals surface area contributed by atoms with E-state index in [1.54, 1.807) is 0 Å². The van der Waals surface area contributed by atoms with E-state index in [1.165, 1.54) is 5.56 Å². The summed E-state index contributed by atoms with van der Waals surface area (Å²) in [5.41, 5.74) is 1.22. The number of benzene rings is 2. The Morgan fingerprint density at radius 1 is 1.06 bits per heavy atom. The van der Waals surface area contributed by atoms with Gasteiger partial charge >= 0.3 is 0 Å². The van der Waals surface area contributed by atoms with Gasteiger partial charge in [-0.05, 0) is 36.9 Å². The number of ether oxygens (including phenoxy) is 1. The van der Waals surface area contributed by atoms with Crippen LogP contribution in [0.2, 0.25) is 5.02 Å². The Balaban J connectivity index is 2.11. The minimum atomic E-state index is 0.617. The molecule has 0 saturated carbocycles. The lowest BCUT2D eigenvalue weighted by molar-refractivity contribution is 0.482. The molecular weight excluding hydrogens is 234 g/mol. The Morgan fingerprint density at radius 3 is 2.41 bits per heavy atom. The number of nitrogens with one attached hydrogen (secondary N) is 1. The van der Waals surface area contributed by atoms with E-state index in [4.69, 9.17) is 16.3 Å². The maximum absolute atomic E-state index is 6.02. The smallest absolute Gasteiger partial charge is 0.146 e. The summed E-state index contributed by atoms with van der Waals surface area (Å²) in [5, 5.41) is 3.72. The van der Waals surface area contributed by atoms with Gasteiger partial charge < -0.3 is 10.1 Å². The summed E-state index contributed by atoms with van der Waals surface area (Å²) in [6.07, 6.45) is 0. The molecule has 0 radical (unpaired) electrons. The van der Waals surface area contributed by atoms with Gasteiger partial charge in [0.1, 0.15) is 11.5 Å². The maximum atomic E-state index is 6.02. The van der Waals surface area contributed by atoms with Crippen LogP contribution in [0.25, 0.3) is 0 Å². The minimum absolute atomic E-state index is 0.617. The van der Waals surface area contributed by atoms with Crippen molar-refractivity contribution in [3.05, 3.63) is 59.1 Å². The second-order valence-electron chi connectivity index (χ2n) is 3.71. The summed E-state index contributed by atoms with van der Waals surface area (Å²) in [4.78, 5) is 0. The third-order valence-corrected chi connectivity index (χ3v) is 2.68. The highest BCUT2D eigenvalue weighted by atomic mass is 35.5. The standard InChI is InChI=1S/C14H14ClNO/c1-16-10-11-6-8-12(9-7-11)17-14-5-3-2-4-13(14)15/h2-9,16H,10H2,1H3. The first-order chi connectivity index (χ1) is 8.29. The largest absolute Gasteiger partial charge is 0.456 e. The van der Waals surface area contributed by atoms with Gasteiger partial charge in [-0.1, -0.05) is 35.9 Å². The van der Waals surface area contributed by atoms with Crippen molar-refractivity contribution in [1.82, 2.24) is 5.32 Å². The molecule has 0 aromatic heterocycles. The van der Waals surface area contributed by atoms with Gasteiger partial charge in [0.2, 0.25) is 0 Å². The quantitative estimate of drug-likeness (QED) is 0.886. The molecule has 0 aliphatic rings. The van der Waals surface area contributed by atoms with Crippen LogP contribution in [0, 0.1) is 0 Å². The Bertz CT molecular complexity index is 482. The van der Waals surface area contributed by atoms with Crippen LogP contribution >= 0.6 is 11.6 Å². The van der Waals surface area contributed by atoms with Gasteiger partial charge in [-0.2, -0.15) is 0 Å². The van der Waals surface area contributed by atoms with Crippen molar-refractivity contribution in [1.29, 1.82) is 0 Å². The third-order valence-electron chi connectivity index (χ3n) is 2.37. The molecule has 0 amide bonds. The number of para-hydroxylation sites is 1. The van der Waals surface area contributed by atoms with Crippen LogP contribution in [-0.2, 0) is 6.54 Å². The fraction of sp³-hybridized carbons (Fsp3) is 0.143. The van der Waals surface area contributed by atoms with Crippen molar-refractivity contribution in [2.45, 2.75) is 6.54 Å². The van der Waals surface area contributed by atoms with Gasteiger partial charge in [0.15, 0.2) is 0 Å². The molecule has 1 N–H and O–H groups in total. The number of halogens is 1. The first-order valence-electron chi connectivity index (χ1n) is 5.45. The van der Waals surface area contributed by atoms with E-state index in [2.05, 4.69) is 5.32 Å². The second-order valence-corrected chi connectivity index (χ2v) is 4.11. The number of hydrogen-bond donors (Lipinski definition) is 1. The highest BCUT2D eigenvalue weighted by Crippen LogP contribution is 2.28. The minimum Gasteiger partial charge on any atom is -0.456 e. The van der Waals surface area contributed by atoms with E-state index in [9.17, 15) is 0 Å². The Labute approximate surface area is 106 Å². The molecule has 0 aliphatic heterocycles. The van der Waals surface area contributed by atoms with Crippen LogP contribution in [0.3, 0.4) is 0 Å². The fourth-order valence-corrected chi connectivity index (χ4v) is 1.71. The average Bonchev–Trinajstić information content (AvgIpc) is 2.35. The molecular formula is C14H14ClNO. The Hall–Kier alpha value is -1.51. The normalized spacial score (nSPS) is 10.2. The molecule has 2 aromatic carbocycles. The van der Waals surface area contributed by atoms with E-state index >= 15 is 0 Å². The monoisotopic (exact) mass is 247 g/mol. The number of rotatable bonds is 4. The molecule has 2 rings (SSSR count). The fourth-order valence-electron chi connectivity index (χ4n) is 1.53. The molecule has 0 spiro atoms. The molecule has 0 aliphatic carbocycles. The van der Waals surface area contributed by atoms with Crippen molar-refractivity contribution in [2.75, 3.05) is 7.05 Å². The highest BCUT2D eigenvalue weighted by molar-refractivity contribution is 6.32. The van der Waals surface area contributed by atoms with Crippen molar-refractivity contribution in [2.24, 2.45) is 0 Å². The molecule has 3 heteroatoms. The van der Waals surface area contributed by atoms with Crippen molar-refractivity contribution in [3.63, 3.8) is 0 Å². The molecule has 2 aromatic rings. The van der Waals surface area contributed by atoms with Crippen molar-refractivity contribution < 1.29 is 4.74 Å². The predicted molar refractivity (Wildman–Crippen MR) is 70.7 cm³/mol. The highest BCUT2D eigenvalue weighted by Gasteiger charge is 2.01. The third kappa shape index (κ3) is 3.22. The lowest BCUT2D eigenvalue weighted by Gasteiger charge is -2.08. The molecule has 0 unspecified atom stereocenters. The summed E-state index contributed by atoms with van der Waals surface area (Å²) in [5.74, 6) is 1.47. The zero-order valence-corrected chi connectivity index (χ0v) is 10.4. The van der Waals surface area contributed by atoms with E-state index < -0.39 is 0 Å². The molecule has 0 heterocycles. The van der Waals surface area contributed by atoms with Crippen LogP contribution in [0.15, 0.2) is 48.5 Å². The average molecular weight is 248 g/mol. The lowest BCUT2D eigenvalue weighted by Crippen LogP contribution is -2.04. The summed E-state index contributed by atoms with van der Waals surface area (Å²) in [7, 11) is 1.92. The van der Waals surface area contributed by atoms with E-state index in [-0.39, 0.29) is 0 Å². The van der Waals surface area contributed by atoms with Gasteiger partial charge in [-0.25, -0.2) is 0 Å². The summed E-state index contributed by atoms with van der Waals surface area (Å²) >= 11 is 6.02. The van der Waals surface area contributed by atoms with Gasteiger partial charge in [-0.3, -0.25) is 0 Å². The first kappa shape index (κ1) is 12.0. The molecule has 0 atom stereocenters. The second kappa shape index (κ2) is 5.71. The van der Waals surface area contributed by atoms with Gasteiger partial charge in [0.25, 0.3) is 0 Å². The van der Waals surface area contributed by atoms with Gasteiger partial charge in [-0.15, -0.1) is 0 Å². The van der Waals surface area contributed by atoms with Crippen LogP contribution in [-0.4, -0.2) is 7.05 Å². The Kier molecular flexibility index (Phi) is 4.02. The summed E-state index contributed by atoms with van der Waals surface area (Å²) < 4.78 is 5.69. The van der Waals surface area contributed by atoms with E-state index in [0.29, 0.717) is 10.8 Å². The maximum Gasteiger partial charge on any atom is 0.146 e. The molecule has 0 bridgehead atoms. The van der Waals surface area contributed by atoms with Crippen LogP contribution < -0.4 is 10.1 Å². The van der Waals surface area contributed by atoms with E-state index in [1.807, 2.05) is 55.6 Å². The first-order valence-corrected chi connectivity index (χ1v) is 5.83. The molecule has 2 nitrogen and oxygen atoms in total. The lowest BCUT2D eigenvalue weighted by atomic mass is 10.2. The van der Waals surface area contributed by atoms with Crippen LogP contribution in [0.4, 0.5) is 0 Å². The van der Waals surface area contributed by atoms with Crippen LogP contribution in [0.1, 0.15) is 5.56 Å². The molecule has 88 valence electrons. The van der Waals surface area contributed by atoms with Gasteiger partial charge in [0.05, 0.1) is 5.02 Å². The molecule has 0 fully saturated rings. The molecule has 17 heavy (non-hydrogen) atoms. The number of hydrogen-bond acceptors (Lipinski definition) is 2. The van der Waals surface area contributed by atoms with Crippen LogP contribution in [0.5, 0.6) is 11.5 Å². The van der Waals surface area contributed by atoms with E-state index in [0.717, 1.165) is 12.3 Å². The van der Waals surface area contributed by atoms with Gasteiger partial charge in [0, 0.05) is 6.54 Å².